The smallest absolute Gasteiger partial charge is 0.252 e. The van der Waals surface area contributed by atoms with E-state index in [2.05, 4.69) is 20.6 Å². The Kier molecular flexibility index (Phi) is 7.92. The number of anilines is 3. The highest BCUT2D eigenvalue weighted by Crippen LogP contribution is 2.41. The summed E-state index contributed by atoms with van der Waals surface area (Å²) in [5, 5.41) is 6.17. The van der Waals surface area contributed by atoms with Crippen LogP contribution in [-0.2, 0) is 0 Å². The van der Waals surface area contributed by atoms with E-state index in [1.807, 2.05) is 0 Å². The van der Waals surface area contributed by atoms with E-state index in [0.717, 1.165) is 42.9 Å². The molecule has 1 saturated carbocycles. The third-order valence-corrected chi connectivity index (χ3v) is 6.38. The molecular formula is C26H31FN6O4. The first-order valence-electron chi connectivity index (χ1n) is 11.9. The molecule has 2 atom stereocenters. The second-order valence-corrected chi connectivity index (χ2v) is 8.78. The second kappa shape index (κ2) is 11.3. The number of pyridine rings is 2. The van der Waals surface area contributed by atoms with Crippen molar-refractivity contribution in [2.45, 2.75) is 37.8 Å². The fourth-order valence-electron chi connectivity index (χ4n) is 4.44. The molecular weight excluding hydrogens is 479 g/mol. The average molecular weight is 511 g/mol. The van der Waals surface area contributed by atoms with Crippen LogP contribution >= 0.6 is 0 Å². The third-order valence-electron chi connectivity index (χ3n) is 6.38. The number of primary amides is 1. The number of aromatic nitrogens is 2. The first-order valence-corrected chi connectivity index (χ1v) is 11.9. The van der Waals surface area contributed by atoms with Crippen LogP contribution in [0.4, 0.5) is 21.7 Å². The zero-order valence-electron chi connectivity index (χ0n) is 21.0. The molecule has 0 saturated heterocycles. The Labute approximate surface area is 214 Å². The van der Waals surface area contributed by atoms with Crippen molar-refractivity contribution in [3.05, 3.63) is 48.0 Å². The van der Waals surface area contributed by atoms with Crippen LogP contribution in [0.25, 0.3) is 11.1 Å². The summed E-state index contributed by atoms with van der Waals surface area (Å²) in [6.45, 7) is 0. The molecule has 1 amide bonds. The van der Waals surface area contributed by atoms with E-state index >= 15 is 0 Å². The van der Waals surface area contributed by atoms with E-state index in [9.17, 15) is 9.18 Å². The average Bonchev–Trinajstić information content (AvgIpc) is 2.90. The maximum Gasteiger partial charge on any atom is 0.252 e. The number of amides is 1. The van der Waals surface area contributed by atoms with Crippen LogP contribution < -0.4 is 36.3 Å². The van der Waals surface area contributed by atoms with Crippen LogP contribution in [0.5, 0.6) is 17.2 Å². The lowest BCUT2D eigenvalue weighted by molar-refractivity contribution is 0.100. The van der Waals surface area contributed by atoms with Crippen LogP contribution in [0.3, 0.4) is 0 Å². The van der Waals surface area contributed by atoms with Crippen molar-refractivity contribution in [1.82, 2.24) is 9.97 Å². The molecule has 1 aliphatic carbocycles. The van der Waals surface area contributed by atoms with Crippen LogP contribution in [-0.4, -0.2) is 49.3 Å². The summed E-state index contributed by atoms with van der Waals surface area (Å²) in [6, 6.07) is 6.23. The summed E-state index contributed by atoms with van der Waals surface area (Å²) in [5.74, 6) is 0.0552. The molecule has 0 radical (unpaired) electrons. The number of methoxy groups -OCH3 is 3. The summed E-state index contributed by atoms with van der Waals surface area (Å²) in [5.41, 5.74) is 13.6. The van der Waals surface area contributed by atoms with Gasteiger partial charge in [-0.05, 0) is 42.7 Å². The Bertz CT molecular complexity index is 1260. The molecule has 6 N–H and O–H groups in total. The molecule has 4 rings (SSSR count). The zero-order chi connectivity index (χ0) is 26.5. The van der Waals surface area contributed by atoms with Gasteiger partial charge in [0.25, 0.3) is 5.91 Å². The fraction of sp³-hybridized carbons (Fsp3) is 0.346. The zero-order valence-corrected chi connectivity index (χ0v) is 21.0. The predicted octanol–water partition coefficient (Wildman–Crippen LogP) is 3.83. The quantitative estimate of drug-likeness (QED) is 0.337. The molecule has 1 fully saturated rings. The van der Waals surface area contributed by atoms with Gasteiger partial charge in [-0.3, -0.25) is 9.78 Å². The monoisotopic (exact) mass is 510 g/mol. The van der Waals surface area contributed by atoms with Crippen molar-refractivity contribution < 1.29 is 23.4 Å². The molecule has 0 spiro atoms. The summed E-state index contributed by atoms with van der Waals surface area (Å²) in [6.07, 6.45) is 6.92. The lowest BCUT2D eigenvalue weighted by atomic mass is 9.91. The van der Waals surface area contributed by atoms with Gasteiger partial charge in [-0.2, -0.15) is 0 Å². The second-order valence-electron chi connectivity index (χ2n) is 8.78. The highest BCUT2D eigenvalue weighted by atomic mass is 19.1. The SMILES string of the molecule is COc1cc(-c2cncc(Nc3nc(NC4CCCC[C@@H]4N)c(F)cc3C(N)=O)c2)cc(OC)c1OC. The van der Waals surface area contributed by atoms with Gasteiger partial charge in [0, 0.05) is 23.8 Å². The molecule has 3 aromatic rings. The number of nitrogens with two attached hydrogens (primary N) is 2. The number of ether oxygens (including phenoxy) is 3. The van der Waals surface area contributed by atoms with Gasteiger partial charge in [-0.1, -0.05) is 12.8 Å². The van der Waals surface area contributed by atoms with Gasteiger partial charge in [-0.25, -0.2) is 9.37 Å². The predicted molar refractivity (Wildman–Crippen MR) is 139 cm³/mol. The fourth-order valence-corrected chi connectivity index (χ4v) is 4.44. The first kappa shape index (κ1) is 26.0. The molecule has 11 heteroatoms. The van der Waals surface area contributed by atoms with Crippen LogP contribution in [0.1, 0.15) is 36.0 Å². The number of rotatable bonds is 9. The van der Waals surface area contributed by atoms with E-state index < -0.39 is 11.7 Å². The Morgan fingerprint density at radius 3 is 2.30 bits per heavy atom. The standard InChI is InChI=1S/C26H31FN6O4/c1-35-21-9-14(10-22(36-2)23(21)37-3)15-8-16(13-30-12-15)31-25-17(24(29)34)11-18(27)26(33-25)32-20-7-5-4-6-19(20)28/h8-13,19-20H,4-7,28H2,1-3H3,(H2,29,34)(H2,31,32,33)/t19-,20?/m0/s1. The van der Waals surface area contributed by atoms with Gasteiger partial charge in [-0.15, -0.1) is 0 Å². The number of nitrogens with one attached hydrogen (secondary N) is 2. The number of halogens is 1. The first-order chi connectivity index (χ1) is 17.8. The third kappa shape index (κ3) is 5.67. The highest BCUT2D eigenvalue weighted by molar-refractivity contribution is 5.98. The summed E-state index contributed by atoms with van der Waals surface area (Å²) in [4.78, 5) is 20.7. The number of hydrogen-bond acceptors (Lipinski definition) is 9. The molecule has 2 aromatic heterocycles. The minimum atomic E-state index is -0.816. The van der Waals surface area contributed by atoms with Crippen molar-refractivity contribution in [3.8, 4) is 28.4 Å². The number of hydrogen-bond donors (Lipinski definition) is 4. The van der Waals surface area contributed by atoms with Crippen molar-refractivity contribution in [1.29, 1.82) is 0 Å². The van der Waals surface area contributed by atoms with E-state index in [1.54, 1.807) is 30.6 Å². The highest BCUT2D eigenvalue weighted by Gasteiger charge is 2.24. The normalized spacial score (nSPS) is 17.1. The lowest BCUT2D eigenvalue weighted by Crippen LogP contribution is -2.43. The van der Waals surface area contributed by atoms with Crippen LogP contribution in [0.2, 0.25) is 0 Å². The molecule has 1 aromatic carbocycles. The van der Waals surface area contributed by atoms with Gasteiger partial charge < -0.3 is 36.3 Å². The van der Waals surface area contributed by atoms with Gasteiger partial charge in [0.05, 0.1) is 38.8 Å². The molecule has 37 heavy (non-hydrogen) atoms. The van der Waals surface area contributed by atoms with Crippen LogP contribution in [0.15, 0.2) is 36.7 Å². The van der Waals surface area contributed by atoms with E-state index in [0.29, 0.717) is 22.9 Å². The van der Waals surface area contributed by atoms with Gasteiger partial charge in [0.2, 0.25) is 5.75 Å². The maximum atomic E-state index is 14.9. The van der Waals surface area contributed by atoms with Crippen LogP contribution in [0, 0.1) is 5.82 Å². The maximum absolute atomic E-state index is 14.9. The van der Waals surface area contributed by atoms with Crippen molar-refractivity contribution in [2.75, 3.05) is 32.0 Å². The topological polar surface area (TPSA) is 147 Å². The van der Waals surface area contributed by atoms with Crippen molar-refractivity contribution in [2.24, 2.45) is 11.5 Å². The Hall–Kier alpha value is -4.12. The summed E-state index contributed by atoms with van der Waals surface area (Å²) < 4.78 is 31.1. The Balaban J connectivity index is 1.68. The number of nitrogens with zero attached hydrogens (tertiary/aromatic N) is 2. The molecule has 196 valence electrons. The number of carbonyl (C=O) groups excluding carboxylic acids is 1. The molecule has 0 bridgehead atoms. The largest absolute Gasteiger partial charge is 0.493 e. The summed E-state index contributed by atoms with van der Waals surface area (Å²) >= 11 is 0. The van der Waals surface area contributed by atoms with E-state index in [1.165, 1.54) is 21.3 Å². The minimum absolute atomic E-state index is 0.00332. The summed E-state index contributed by atoms with van der Waals surface area (Å²) in [7, 11) is 4.60. The molecule has 1 unspecified atom stereocenters. The molecule has 1 aliphatic rings. The minimum Gasteiger partial charge on any atom is -0.493 e. The van der Waals surface area contributed by atoms with Gasteiger partial charge in [0.15, 0.2) is 23.1 Å². The molecule has 2 heterocycles. The Morgan fingerprint density at radius 1 is 0.973 bits per heavy atom. The van der Waals surface area contributed by atoms with Gasteiger partial charge in [0.1, 0.15) is 5.82 Å². The van der Waals surface area contributed by atoms with Gasteiger partial charge >= 0.3 is 0 Å². The van der Waals surface area contributed by atoms with Crippen molar-refractivity contribution in [3.63, 3.8) is 0 Å². The number of carbonyl (C=O) groups is 1. The van der Waals surface area contributed by atoms with E-state index in [-0.39, 0.29) is 29.3 Å². The Morgan fingerprint density at radius 2 is 1.68 bits per heavy atom. The number of benzene rings is 1. The molecule has 0 aliphatic heterocycles. The molecule has 10 nitrogen and oxygen atoms in total. The van der Waals surface area contributed by atoms with Crippen molar-refractivity contribution >= 4 is 23.2 Å². The van der Waals surface area contributed by atoms with E-state index in [4.69, 9.17) is 25.7 Å². The lowest BCUT2D eigenvalue weighted by Gasteiger charge is -2.30.